The Balaban J connectivity index is 2.23. The molecule has 0 bridgehead atoms. The first kappa shape index (κ1) is 17.7. The van der Waals surface area contributed by atoms with Gasteiger partial charge in [-0.15, -0.1) is 0 Å². The molecule has 25 heavy (non-hydrogen) atoms. The van der Waals surface area contributed by atoms with E-state index in [1.807, 2.05) is 18.3 Å². The van der Waals surface area contributed by atoms with Crippen LogP contribution in [0.3, 0.4) is 0 Å². The van der Waals surface area contributed by atoms with Gasteiger partial charge in [0.1, 0.15) is 0 Å². The third-order valence-electron chi connectivity index (χ3n) is 4.57. The van der Waals surface area contributed by atoms with Crippen molar-refractivity contribution in [1.29, 1.82) is 0 Å². The first-order chi connectivity index (χ1) is 12.0. The summed E-state index contributed by atoms with van der Waals surface area (Å²) in [6.45, 7) is 7.10. The van der Waals surface area contributed by atoms with Crippen molar-refractivity contribution in [3.63, 3.8) is 0 Å². The molecule has 3 rings (SSSR count). The highest BCUT2D eigenvalue weighted by atomic mass is 35.5. The number of hydrogen-bond acceptors (Lipinski definition) is 2. The number of rotatable bonds is 5. The maximum absolute atomic E-state index is 12.7. The number of hydrogen-bond donors (Lipinski definition) is 0. The van der Waals surface area contributed by atoms with Crippen molar-refractivity contribution in [3.05, 3.63) is 63.8 Å². The first-order valence-electron chi connectivity index (χ1n) is 8.80. The lowest BCUT2D eigenvalue weighted by molar-refractivity contribution is 0.617. The third kappa shape index (κ3) is 3.47. The van der Waals surface area contributed by atoms with Crippen LogP contribution in [0.5, 0.6) is 0 Å². The minimum atomic E-state index is 0.0187. The van der Waals surface area contributed by atoms with Crippen LogP contribution in [0.1, 0.15) is 45.1 Å². The molecule has 0 saturated carbocycles. The van der Waals surface area contributed by atoms with Crippen LogP contribution >= 0.6 is 11.6 Å². The van der Waals surface area contributed by atoms with Crippen LogP contribution in [-0.4, -0.2) is 9.55 Å². The zero-order valence-electron chi connectivity index (χ0n) is 14.9. The molecule has 0 saturated heterocycles. The Labute approximate surface area is 153 Å². The largest absolute Gasteiger partial charge is 0.314 e. The Hall–Kier alpha value is -2.13. The smallest absolute Gasteiger partial charge is 0.260 e. The summed E-state index contributed by atoms with van der Waals surface area (Å²) in [6, 6.07) is 8.07. The Bertz CT molecular complexity index is 960. The predicted octanol–water partition coefficient (Wildman–Crippen LogP) is 5.64. The lowest BCUT2D eigenvalue weighted by Crippen LogP contribution is -2.20. The summed E-state index contributed by atoms with van der Waals surface area (Å²) in [5.74, 6) is 0.376. The second kappa shape index (κ2) is 7.40. The molecule has 0 N–H and O–H groups in total. The van der Waals surface area contributed by atoms with Crippen LogP contribution in [0.15, 0.2) is 47.7 Å². The monoisotopic (exact) mass is 354 g/mol. The van der Waals surface area contributed by atoms with Gasteiger partial charge in [0.2, 0.25) is 0 Å². The van der Waals surface area contributed by atoms with Crippen LogP contribution in [-0.2, 0) is 6.54 Å². The molecule has 4 heteroatoms. The Morgan fingerprint density at radius 2 is 2.00 bits per heavy atom. The van der Waals surface area contributed by atoms with E-state index in [1.165, 1.54) is 0 Å². The second-order valence-electron chi connectivity index (χ2n) is 6.71. The van der Waals surface area contributed by atoms with Gasteiger partial charge in [-0.25, -0.2) is 0 Å². The van der Waals surface area contributed by atoms with Gasteiger partial charge < -0.3 is 4.57 Å². The summed E-state index contributed by atoms with van der Waals surface area (Å²) < 4.78 is 1.80. The molecule has 0 unspecified atom stereocenters. The average Bonchev–Trinajstić information content (AvgIpc) is 2.61. The van der Waals surface area contributed by atoms with E-state index in [9.17, 15) is 4.79 Å². The number of fused-ring (bicyclic) bond motifs is 1. The van der Waals surface area contributed by atoms with Crippen molar-refractivity contribution in [3.8, 4) is 11.1 Å². The highest BCUT2D eigenvalue weighted by Gasteiger charge is 2.13. The number of unbranched alkanes of at least 4 members (excludes halogenated alkanes) is 1. The van der Waals surface area contributed by atoms with Crippen LogP contribution < -0.4 is 5.56 Å². The fourth-order valence-electron chi connectivity index (χ4n) is 3.13. The molecule has 3 aromatic rings. The predicted molar refractivity (Wildman–Crippen MR) is 105 cm³/mol. The molecule has 130 valence electrons. The van der Waals surface area contributed by atoms with Crippen LogP contribution in [0.25, 0.3) is 21.9 Å². The normalized spacial score (nSPS) is 11.4. The van der Waals surface area contributed by atoms with Gasteiger partial charge in [-0.05, 0) is 41.0 Å². The van der Waals surface area contributed by atoms with Crippen LogP contribution in [0.4, 0.5) is 0 Å². The van der Waals surface area contributed by atoms with Gasteiger partial charge in [-0.3, -0.25) is 9.78 Å². The van der Waals surface area contributed by atoms with Crippen molar-refractivity contribution in [2.45, 2.75) is 46.1 Å². The van der Waals surface area contributed by atoms with E-state index < -0.39 is 0 Å². The Morgan fingerprint density at radius 3 is 2.68 bits per heavy atom. The number of aromatic nitrogens is 2. The summed E-state index contributed by atoms with van der Waals surface area (Å²) in [7, 11) is 0. The lowest BCUT2D eigenvalue weighted by atomic mass is 9.97. The van der Waals surface area contributed by atoms with Gasteiger partial charge in [0.25, 0.3) is 5.56 Å². The molecule has 0 aliphatic rings. The van der Waals surface area contributed by atoms with Crippen LogP contribution in [0, 0.1) is 0 Å². The summed E-state index contributed by atoms with van der Waals surface area (Å²) in [6.07, 6.45) is 7.36. The summed E-state index contributed by atoms with van der Waals surface area (Å²) in [4.78, 5) is 16.9. The van der Waals surface area contributed by atoms with Gasteiger partial charge in [0, 0.05) is 35.7 Å². The standard InChI is InChI=1S/C21H23ClN2O/c1-4-5-10-24-13-19(17-8-9-23-12-18(17)21(24)25)15-6-7-16(14(2)3)20(22)11-15/h6-9,11-14H,4-5,10H2,1-3H3. The van der Waals surface area contributed by atoms with Gasteiger partial charge in [-0.1, -0.05) is 50.9 Å². The molecule has 0 aliphatic carbocycles. The molecule has 0 atom stereocenters. The highest BCUT2D eigenvalue weighted by molar-refractivity contribution is 6.31. The zero-order chi connectivity index (χ0) is 18.0. The molecule has 2 aromatic heterocycles. The van der Waals surface area contributed by atoms with Crippen LogP contribution in [0.2, 0.25) is 5.02 Å². The fourth-order valence-corrected chi connectivity index (χ4v) is 3.52. The van der Waals surface area contributed by atoms with Crippen molar-refractivity contribution in [2.75, 3.05) is 0 Å². The minimum absolute atomic E-state index is 0.0187. The topological polar surface area (TPSA) is 34.9 Å². The number of nitrogens with zero attached hydrogens (tertiary/aromatic N) is 2. The Morgan fingerprint density at radius 1 is 1.20 bits per heavy atom. The van der Waals surface area contributed by atoms with Crippen molar-refractivity contribution < 1.29 is 0 Å². The van der Waals surface area contributed by atoms with Gasteiger partial charge in [0.15, 0.2) is 0 Å². The van der Waals surface area contributed by atoms with E-state index in [0.717, 1.165) is 39.9 Å². The van der Waals surface area contributed by atoms with E-state index in [2.05, 4.69) is 37.9 Å². The molecule has 0 spiro atoms. The van der Waals surface area contributed by atoms with Crippen molar-refractivity contribution in [2.24, 2.45) is 0 Å². The first-order valence-corrected chi connectivity index (χ1v) is 9.17. The Kier molecular flexibility index (Phi) is 5.24. The molecular weight excluding hydrogens is 332 g/mol. The maximum Gasteiger partial charge on any atom is 0.260 e. The third-order valence-corrected chi connectivity index (χ3v) is 4.90. The van der Waals surface area contributed by atoms with Crippen molar-refractivity contribution in [1.82, 2.24) is 9.55 Å². The van der Waals surface area contributed by atoms with E-state index in [1.54, 1.807) is 17.0 Å². The molecule has 0 aliphatic heterocycles. The summed E-state index contributed by atoms with van der Waals surface area (Å²) in [5, 5.41) is 2.34. The molecule has 0 fully saturated rings. The van der Waals surface area contributed by atoms with E-state index >= 15 is 0 Å². The lowest BCUT2D eigenvalue weighted by Gasteiger charge is -2.14. The SMILES string of the molecule is CCCCn1cc(-c2ccc(C(C)C)c(Cl)c2)c2ccncc2c1=O. The summed E-state index contributed by atoms with van der Waals surface area (Å²) >= 11 is 6.50. The quantitative estimate of drug-likeness (QED) is 0.594. The highest BCUT2D eigenvalue weighted by Crippen LogP contribution is 2.32. The maximum atomic E-state index is 12.7. The van der Waals surface area contributed by atoms with Crippen molar-refractivity contribution >= 4 is 22.4 Å². The van der Waals surface area contributed by atoms with Gasteiger partial charge >= 0.3 is 0 Å². The molecule has 0 amide bonds. The van der Waals surface area contributed by atoms with E-state index in [4.69, 9.17) is 11.6 Å². The molecule has 3 nitrogen and oxygen atoms in total. The molecule has 2 heterocycles. The number of pyridine rings is 2. The number of halogens is 1. The molecule has 1 aromatic carbocycles. The van der Waals surface area contributed by atoms with E-state index in [-0.39, 0.29) is 5.56 Å². The molecular formula is C21H23ClN2O. The van der Waals surface area contributed by atoms with E-state index in [0.29, 0.717) is 17.8 Å². The fraction of sp³-hybridized carbons (Fsp3) is 0.333. The number of aryl methyl sites for hydroxylation is 1. The summed E-state index contributed by atoms with van der Waals surface area (Å²) in [5.41, 5.74) is 3.20. The average molecular weight is 355 g/mol. The second-order valence-corrected chi connectivity index (χ2v) is 7.11. The van der Waals surface area contributed by atoms with Gasteiger partial charge in [0.05, 0.1) is 5.39 Å². The minimum Gasteiger partial charge on any atom is -0.314 e. The zero-order valence-corrected chi connectivity index (χ0v) is 15.7. The molecule has 0 radical (unpaired) electrons. The van der Waals surface area contributed by atoms with Gasteiger partial charge in [-0.2, -0.15) is 0 Å². The number of benzene rings is 1.